The van der Waals surface area contributed by atoms with Crippen LogP contribution >= 0.6 is 11.6 Å². The molecule has 6 heteroatoms. The monoisotopic (exact) mass is 260 g/mol. The molecule has 2 N–H and O–H groups in total. The molecule has 1 rings (SSSR count). The van der Waals surface area contributed by atoms with Crippen molar-refractivity contribution in [2.24, 2.45) is 0 Å². The van der Waals surface area contributed by atoms with Gasteiger partial charge in [-0.2, -0.15) is 0 Å². The SMILES string of the molecule is O=C(O)c1ccc(Cl)cc1OCCOCCO. The Morgan fingerprint density at radius 2 is 2.06 bits per heavy atom. The van der Waals surface area contributed by atoms with E-state index in [1.807, 2.05) is 0 Å². The number of benzene rings is 1. The second kappa shape index (κ2) is 7.11. The van der Waals surface area contributed by atoms with E-state index in [1.165, 1.54) is 18.2 Å². The van der Waals surface area contributed by atoms with Gasteiger partial charge in [0.05, 0.1) is 19.8 Å². The van der Waals surface area contributed by atoms with E-state index < -0.39 is 5.97 Å². The predicted molar refractivity (Wildman–Crippen MR) is 61.8 cm³/mol. The number of hydrogen-bond donors (Lipinski definition) is 2. The van der Waals surface area contributed by atoms with Gasteiger partial charge in [0.2, 0.25) is 0 Å². The van der Waals surface area contributed by atoms with Crippen molar-refractivity contribution in [2.45, 2.75) is 0 Å². The molecule has 0 fully saturated rings. The summed E-state index contributed by atoms with van der Waals surface area (Å²) in [6.07, 6.45) is 0. The molecule has 0 bridgehead atoms. The van der Waals surface area contributed by atoms with E-state index in [2.05, 4.69) is 0 Å². The van der Waals surface area contributed by atoms with Crippen molar-refractivity contribution in [3.63, 3.8) is 0 Å². The van der Waals surface area contributed by atoms with Crippen molar-refractivity contribution >= 4 is 17.6 Å². The molecule has 0 aromatic heterocycles. The number of ether oxygens (including phenoxy) is 2. The lowest BCUT2D eigenvalue weighted by Crippen LogP contribution is -2.11. The molecule has 0 radical (unpaired) electrons. The minimum Gasteiger partial charge on any atom is -0.490 e. The molecule has 0 aliphatic carbocycles. The summed E-state index contributed by atoms with van der Waals surface area (Å²) in [6.45, 7) is 0.634. The van der Waals surface area contributed by atoms with Gasteiger partial charge in [-0.3, -0.25) is 0 Å². The fourth-order valence-corrected chi connectivity index (χ4v) is 1.33. The van der Waals surface area contributed by atoms with Crippen LogP contribution in [0.25, 0.3) is 0 Å². The van der Waals surface area contributed by atoms with E-state index >= 15 is 0 Å². The normalized spacial score (nSPS) is 10.2. The van der Waals surface area contributed by atoms with Gasteiger partial charge in [0.25, 0.3) is 0 Å². The summed E-state index contributed by atoms with van der Waals surface area (Å²) < 4.78 is 10.2. The number of aromatic carboxylic acids is 1. The number of rotatable bonds is 7. The average molecular weight is 261 g/mol. The zero-order valence-electron chi connectivity index (χ0n) is 9.06. The maximum atomic E-state index is 10.9. The summed E-state index contributed by atoms with van der Waals surface area (Å²) in [5, 5.41) is 17.8. The molecule has 0 aliphatic heterocycles. The molecule has 0 heterocycles. The molecule has 0 saturated carbocycles. The fraction of sp³-hybridized carbons (Fsp3) is 0.364. The molecule has 0 atom stereocenters. The highest BCUT2D eigenvalue weighted by molar-refractivity contribution is 6.30. The summed E-state index contributed by atoms with van der Waals surface area (Å²) in [6, 6.07) is 4.31. The lowest BCUT2D eigenvalue weighted by Gasteiger charge is -2.09. The van der Waals surface area contributed by atoms with Crippen LogP contribution in [-0.4, -0.2) is 42.6 Å². The quantitative estimate of drug-likeness (QED) is 0.725. The van der Waals surface area contributed by atoms with Crippen LogP contribution in [0.5, 0.6) is 5.75 Å². The van der Waals surface area contributed by atoms with Gasteiger partial charge in [-0.15, -0.1) is 0 Å². The van der Waals surface area contributed by atoms with Crippen molar-refractivity contribution in [1.29, 1.82) is 0 Å². The van der Waals surface area contributed by atoms with Crippen molar-refractivity contribution in [1.82, 2.24) is 0 Å². The molecule has 1 aromatic rings. The number of carbonyl (C=O) groups is 1. The Morgan fingerprint density at radius 3 is 2.71 bits per heavy atom. The summed E-state index contributed by atoms with van der Waals surface area (Å²) >= 11 is 5.75. The highest BCUT2D eigenvalue weighted by Gasteiger charge is 2.11. The van der Waals surface area contributed by atoms with E-state index in [9.17, 15) is 4.79 Å². The van der Waals surface area contributed by atoms with Gasteiger partial charge >= 0.3 is 5.97 Å². The van der Waals surface area contributed by atoms with Gasteiger partial charge in [-0.05, 0) is 18.2 Å². The lowest BCUT2D eigenvalue weighted by molar-refractivity contribution is 0.0657. The molecule has 0 aliphatic rings. The summed E-state index contributed by atoms with van der Waals surface area (Å²) in [5.41, 5.74) is 0.0524. The van der Waals surface area contributed by atoms with Gasteiger partial charge in [-0.25, -0.2) is 4.79 Å². The standard InChI is InChI=1S/C11H13ClO5/c12-8-1-2-9(11(14)15)10(7-8)17-6-5-16-4-3-13/h1-2,7,13H,3-6H2,(H,14,15). The Kier molecular flexibility index (Phi) is 5.76. The average Bonchev–Trinajstić information content (AvgIpc) is 2.28. The maximum Gasteiger partial charge on any atom is 0.339 e. The first-order valence-corrected chi connectivity index (χ1v) is 5.37. The second-order valence-corrected chi connectivity index (χ2v) is 3.57. The Balaban J connectivity index is 2.56. The topological polar surface area (TPSA) is 76.0 Å². The summed E-state index contributed by atoms with van der Waals surface area (Å²) in [7, 11) is 0. The van der Waals surface area contributed by atoms with Gasteiger partial charge < -0.3 is 19.7 Å². The fourth-order valence-electron chi connectivity index (χ4n) is 1.17. The van der Waals surface area contributed by atoms with Crippen LogP contribution < -0.4 is 4.74 Å². The van der Waals surface area contributed by atoms with Crippen LogP contribution in [-0.2, 0) is 4.74 Å². The van der Waals surface area contributed by atoms with Crippen LogP contribution in [0.1, 0.15) is 10.4 Å². The first-order chi connectivity index (χ1) is 8.15. The van der Waals surface area contributed by atoms with E-state index in [4.69, 9.17) is 31.3 Å². The smallest absolute Gasteiger partial charge is 0.339 e. The van der Waals surface area contributed by atoms with E-state index in [1.54, 1.807) is 0 Å². The molecular weight excluding hydrogens is 248 g/mol. The lowest BCUT2D eigenvalue weighted by atomic mass is 10.2. The molecule has 94 valence electrons. The van der Waals surface area contributed by atoms with Crippen LogP contribution in [0.15, 0.2) is 18.2 Å². The van der Waals surface area contributed by atoms with Crippen molar-refractivity contribution in [2.75, 3.05) is 26.4 Å². The van der Waals surface area contributed by atoms with Gasteiger partial charge in [-0.1, -0.05) is 11.6 Å². The third-order valence-corrected chi connectivity index (χ3v) is 2.13. The molecule has 0 amide bonds. The Morgan fingerprint density at radius 1 is 1.29 bits per heavy atom. The number of aliphatic hydroxyl groups is 1. The van der Waals surface area contributed by atoms with E-state index in [0.29, 0.717) is 5.02 Å². The van der Waals surface area contributed by atoms with Crippen molar-refractivity contribution in [3.05, 3.63) is 28.8 Å². The Labute approximate surface area is 104 Å². The number of carboxylic acids is 1. The number of halogens is 1. The highest BCUT2D eigenvalue weighted by Crippen LogP contribution is 2.23. The molecule has 1 aromatic carbocycles. The third kappa shape index (κ3) is 4.60. The molecule has 0 saturated heterocycles. The number of hydrogen-bond acceptors (Lipinski definition) is 4. The van der Waals surface area contributed by atoms with Crippen LogP contribution in [0.3, 0.4) is 0 Å². The van der Waals surface area contributed by atoms with Crippen LogP contribution in [0.2, 0.25) is 5.02 Å². The number of carboxylic acid groups (broad SMARTS) is 1. The van der Waals surface area contributed by atoms with E-state index in [-0.39, 0.29) is 37.7 Å². The first kappa shape index (κ1) is 13.8. The Bertz CT molecular complexity index is 380. The molecular formula is C11H13ClO5. The minimum atomic E-state index is -1.08. The highest BCUT2D eigenvalue weighted by atomic mass is 35.5. The van der Waals surface area contributed by atoms with Crippen LogP contribution in [0.4, 0.5) is 0 Å². The third-order valence-electron chi connectivity index (χ3n) is 1.89. The second-order valence-electron chi connectivity index (χ2n) is 3.13. The van der Waals surface area contributed by atoms with E-state index in [0.717, 1.165) is 0 Å². The van der Waals surface area contributed by atoms with Gasteiger partial charge in [0.1, 0.15) is 17.9 Å². The Hall–Kier alpha value is -1.30. The van der Waals surface area contributed by atoms with Gasteiger partial charge in [0, 0.05) is 5.02 Å². The van der Waals surface area contributed by atoms with Crippen molar-refractivity contribution in [3.8, 4) is 5.75 Å². The maximum absolute atomic E-state index is 10.9. The minimum absolute atomic E-state index is 0.0524. The largest absolute Gasteiger partial charge is 0.490 e. The zero-order chi connectivity index (χ0) is 12.7. The van der Waals surface area contributed by atoms with Crippen LogP contribution in [0, 0.1) is 0 Å². The molecule has 0 spiro atoms. The first-order valence-electron chi connectivity index (χ1n) is 4.99. The number of aliphatic hydroxyl groups excluding tert-OH is 1. The van der Waals surface area contributed by atoms with Gasteiger partial charge in [0.15, 0.2) is 0 Å². The molecule has 17 heavy (non-hydrogen) atoms. The zero-order valence-corrected chi connectivity index (χ0v) is 9.81. The van der Waals surface area contributed by atoms with Crippen molar-refractivity contribution < 1.29 is 24.5 Å². The predicted octanol–water partition coefficient (Wildman–Crippen LogP) is 1.43. The summed E-state index contributed by atoms with van der Waals surface area (Å²) in [5.74, 6) is -0.870. The summed E-state index contributed by atoms with van der Waals surface area (Å²) in [4.78, 5) is 10.9. The molecule has 5 nitrogen and oxygen atoms in total. The molecule has 0 unspecified atom stereocenters.